The van der Waals surface area contributed by atoms with E-state index in [1.807, 2.05) is 19.1 Å². The van der Waals surface area contributed by atoms with Gasteiger partial charge in [0.05, 0.1) is 12.4 Å². The van der Waals surface area contributed by atoms with E-state index in [0.29, 0.717) is 31.7 Å². The summed E-state index contributed by atoms with van der Waals surface area (Å²) in [5.41, 5.74) is 0. The first-order chi connectivity index (χ1) is 8.08. The van der Waals surface area contributed by atoms with Gasteiger partial charge in [0.15, 0.2) is 0 Å². The first-order valence-corrected chi connectivity index (χ1v) is 6.05. The van der Waals surface area contributed by atoms with Gasteiger partial charge in [0.1, 0.15) is 5.76 Å². The van der Waals surface area contributed by atoms with E-state index in [9.17, 15) is 9.90 Å². The van der Waals surface area contributed by atoms with Crippen molar-refractivity contribution in [3.05, 3.63) is 24.2 Å². The maximum absolute atomic E-state index is 11.5. The molecular formula is C13H21NO3. The van der Waals surface area contributed by atoms with Crippen LogP contribution in [0.25, 0.3) is 0 Å². The summed E-state index contributed by atoms with van der Waals surface area (Å²) in [7, 11) is 0. The Bertz CT molecular complexity index is 319. The van der Waals surface area contributed by atoms with E-state index in [4.69, 9.17) is 4.42 Å². The maximum Gasteiger partial charge on any atom is 0.220 e. The lowest BCUT2D eigenvalue weighted by molar-refractivity contribution is -0.121. The molecule has 2 atom stereocenters. The number of rotatable bonds is 7. The zero-order valence-corrected chi connectivity index (χ0v) is 10.5. The van der Waals surface area contributed by atoms with E-state index in [1.54, 1.807) is 13.2 Å². The Morgan fingerprint density at radius 3 is 2.88 bits per heavy atom. The van der Waals surface area contributed by atoms with E-state index < -0.39 is 0 Å². The highest BCUT2D eigenvalue weighted by atomic mass is 16.3. The van der Waals surface area contributed by atoms with E-state index in [1.165, 1.54) is 0 Å². The van der Waals surface area contributed by atoms with Crippen LogP contribution in [0.5, 0.6) is 0 Å². The van der Waals surface area contributed by atoms with Crippen LogP contribution in [-0.2, 0) is 11.2 Å². The van der Waals surface area contributed by atoms with Gasteiger partial charge in [0.25, 0.3) is 0 Å². The van der Waals surface area contributed by atoms with Crippen molar-refractivity contribution >= 4 is 5.91 Å². The fourth-order valence-electron chi connectivity index (χ4n) is 1.73. The van der Waals surface area contributed by atoms with Crippen molar-refractivity contribution in [3.8, 4) is 0 Å². The Morgan fingerprint density at radius 1 is 1.53 bits per heavy atom. The van der Waals surface area contributed by atoms with Gasteiger partial charge in [-0.15, -0.1) is 0 Å². The number of amides is 1. The monoisotopic (exact) mass is 239 g/mol. The number of hydrogen-bond acceptors (Lipinski definition) is 3. The van der Waals surface area contributed by atoms with Gasteiger partial charge in [0.2, 0.25) is 5.91 Å². The van der Waals surface area contributed by atoms with Crippen molar-refractivity contribution in [2.75, 3.05) is 6.54 Å². The molecule has 0 aromatic carbocycles. The summed E-state index contributed by atoms with van der Waals surface area (Å²) in [6.45, 7) is 4.39. The SMILES string of the molecule is CC(O)CC(C)CNC(=O)CCc1ccco1. The Labute approximate surface area is 102 Å². The van der Waals surface area contributed by atoms with Gasteiger partial charge in [-0.05, 0) is 31.4 Å². The van der Waals surface area contributed by atoms with Crippen LogP contribution in [0.3, 0.4) is 0 Å². The predicted octanol–water partition coefficient (Wildman–Crippen LogP) is 1.74. The zero-order chi connectivity index (χ0) is 12.7. The fraction of sp³-hybridized carbons (Fsp3) is 0.615. The second kappa shape index (κ2) is 7.12. The van der Waals surface area contributed by atoms with Crippen LogP contribution in [0.1, 0.15) is 32.4 Å². The van der Waals surface area contributed by atoms with Gasteiger partial charge < -0.3 is 14.8 Å². The molecule has 96 valence electrons. The topological polar surface area (TPSA) is 62.5 Å². The minimum atomic E-state index is -0.315. The molecule has 4 nitrogen and oxygen atoms in total. The first-order valence-electron chi connectivity index (χ1n) is 6.05. The largest absolute Gasteiger partial charge is 0.469 e. The second-order valence-corrected chi connectivity index (χ2v) is 4.57. The van der Waals surface area contributed by atoms with Crippen LogP contribution in [0.15, 0.2) is 22.8 Å². The summed E-state index contributed by atoms with van der Waals surface area (Å²) in [4.78, 5) is 11.5. The lowest BCUT2D eigenvalue weighted by atomic mass is 10.0. The summed E-state index contributed by atoms with van der Waals surface area (Å²) in [5.74, 6) is 1.15. The van der Waals surface area contributed by atoms with E-state index >= 15 is 0 Å². The summed E-state index contributed by atoms with van der Waals surface area (Å²) >= 11 is 0. The van der Waals surface area contributed by atoms with Crippen LogP contribution >= 0.6 is 0 Å². The van der Waals surface area contributed by atoms with E-state index in [2.05, 4.69) is 5.32 Å². The Balaban J connectivity index is 2.13. The molecule has 0 fully saturated rings. The Morgan fingerprint density at radius 2 is 2.29 bits per heavy atom. The number of carbonyl (C=O) groups excluding carboxylic acids is 1. The van der Waals surface area contributed by atoms with Gasteiger partial charge in [-0.2, -0.15) is 0 Å². The minimum Gasteiger partial charge on any atom is -0.469 e. The van der Waals surface area contributed by atoms with Gasteiger partial charge in [-0.3, -0.25) is 4.79 Å². The third-order valence-electron chi connectivity index (χ3n) is 2.57. The Kier molecular flexibility index (Phi) is 5.77. The molecule has 4 heteroatoms. The fourth-order valence-corrected chi connectivity index (χ4v) is 1.73. The van der Waals surface area contributed by atoms with Gasteiger partial charge in [-0.1, -0.05) is 6.92 Å². The lowest BCUT2D eigenvalue weighted by Gasteiger charge is -2.13. The number of nitrogens with one attached hydrogen (secondary N) is 1. The molecule has 1 rings (SSSR count). The summed E-state index contributed by atoms with van der Waals surface area (Å²) in [5, 5.41) is 12.0. The van der Waals surface area contributed by atoms with Crippen LogP contribution < -0.4 is 5.32 Å². The second-order valence-electron chi connectivity index (χ2n) is 4.57. The highest BCUT2D eigenvalue weighted by molar-refractivity contribution is 5.76. The molecule has 0 bridgehead atoms. The van der Waals surface area contributed by atoms with Crippen molar-refractivity contribution < 1.29 is 14.3 Å². The molecule has 0 saturated heterocycles. The molecule has 0 saturated carbocycles. The number of aliphatic hydroxyl groups is 1. The summed E-state index contributed by atoms with van der Waals surface area (Å²) in [6.07, 6.45) is 3.07. The average Bonchev–Trinajstić information content (AvgIpc) is 2.75. The van der Waals surface area contributed by atoms with Crippen LogP contribution in [0.2, 0.25) is 0 Å². The van der Waals surface area contributed by atoms with E-state index in [-0.39, 0.29) is 12.0 Å². The summed E-state index contributed by atoms with van der Waals surface area (Å²) in [6, 6.07) is 3.68. The highest BCUT2D eigenvalue weighted by Crippen LogP contribution is 2.05. The molecule has 0 aliphatic rings. The maximum atomic E-state index is 11.5. The van der Waals surface area contributed by atoms with Crippen molar-refractivity contribution in [2.45, 2.75) is 39.2 Å². The third-order valence-corrected chi connectivity index (χ3v) is 2.57. The zero-order valence-electron chi connectivity index (χ0n) is 10.5. The molecule has 0 aliphatic heterocycles. The number of furan rings is 1. The highest BCUT2D eigenvalue weighted by Gasteiger charge is 2.08. The van der Waals surface area contributed by atoms with Crippen molar-refractivity contribution in [1.82, 2.24) is 5.32 Å². The number of carbonyl (C=O) groups is 1. The third kappa shape index (κ3) is 6.12. The predicted molar refractivity (Wildman–Crippen MR) is 65.5 cm³/mol. The molecule has 17 heavy (non-hydrogen) atoms. The molecule has 1 aromatic heterocycles. The van der Waals surface area contributed by atoms with Crippen LogP contribution in [0.4, 0.5) is 0 Å². The van der Waals surface area contributed by atoms with Crippen molar-refractivity contribution in [3.63, 3.8) is 0 Å². The quantitative estimate of drug-likeness (QED) is 0.761. The molecule has 0 spiro atoms. The molecule has 1 amide bonds. The molecule has 0 radical (unpaired) electrons. The standard InChI is InChI=1S/C13H21NO3/c1-10(8-11(2)15)9-14-13(16)6-5-12-4-3-7-17-12/h3-4,7,10-11,15H,5-6,8-9H2,1-2H3,(H,14,16). The number of aryl methyl sites for hydroxylation is 1. The van der Waals surface area contributed by atoms with Gasteiger partial charge in [-0.25, -0.2) is 0 Å². The van der Waals surface area contributed by atoms with Crippen molar-refractivity contribution in [2.24, 2.45) is 5.92 Å². The number of hydrogen-bond donors (Lipinski definition) is 2. The average molecular weight is 239 g/mol. The van der Waals surface area contributed by atoms with Crippen LogP contribution in [-0.4, -0.2) is 23.7 Å². The normalized spacial score (nSPS) is 14.3. The first kappa shape index (κ1) is 13.8. The smallest absolute Gasteiger partial charge is 0.220 e. The minimum absolute atomic E-state index is 0.0267. The van der Waals surface area contributed by atoms with Gasteiger partial charge >= 0.3 is 0 Å². The molecule has 1 heterocycles. The van der Waals surface area contributed by atoms with Crippen molar-refractivity contribution in [1.29, 1.82) is 0 Å². The molecule has 2 N–H and O–H groups in total. The van der Waals surface area contributed by atoms with Gasteiger partial charge in [0, 0.05) is 19.4 Å². The molecule has 2 unspecified atom stereocenters. The Hall–Kier alpha value is -1.29. The molecule has 1 aromatic rings. The molecule has 0 aliphatic carbocycles. The summed E-state index contributed by atoms with van der Waals surface area (Å²) < 4.78 is 5.15. The number of aliphatic hydroxyl groups excluding tert-OH is 1. The van der Waals surface area contributed by atoms with E-state index in [0.717, 1.165) is 5.76 Å². The van der Waals surface area contributed by atoms with Crippen LogP contribution in [0, 0.1) is 5.92 Å². The molecular weight excluding hydrogens is 218 g/mol. The lowest BCUT2D eigenvalue weighted by Crippen LogP contribution is -2.29.